The van der Waals surface area contributed by atoms with Gasteiger partial charge in [0, 0.05) is 171 Å². The summed E-state index contributed by atoms with van der Waals surface area (Å²) >= 11 is 0. The molecule has 38 nitrogen and oxygen atoms in total. The fourth-order valence-corrected chi connectivity index (χ4v) is 18.6. The van der Waals surface area contributed by atoms with Crippen molar-refractivity contribution in [2.24, 2.45) is 35.3 Å². The largest absolute Gasteiger partial charge is 0.459 e. The van der Waals surface area contributed by atoms with E-state index in [-0.39, 0.29) is 94.4 Å². The van der Waals surface area contributed by atoms with E-state index in [9.17, 15) is 48.6 Å². The highest BCUT2D eigenvalue weighted by Gasteiger charge is 2.53. The number of fused-ring (bicyclic) bond motifs is 6. The maximum Gasteiger partial charge on any atom is 0.407 e. The van der Waals surface area contributed by atoms with Gasteiger partial charge in [0.15, 0.2) is 11.4 Å². The predicted molar refractivity (Wildman–Crippen MR) is 503 cm³/mol. The highest BCUT2D eigenvalue weighted by atomic mass is 16.6. The molecule has 15 atom stereocenters. The standard InChI is InChI=1S/C98H132N18O20/c1-60-15-11-10-12-16-61(2)79(127-7)49-74-22-18-65(6)98(126,136-74)88(121)93(123)115-29-14-13-17-76(115)94(124)134-80(50-77(117)62(3)44-64(5)86(120)87(129-9)85(119)63(4)43-60)75(99)46-66-20-23-78(81(47-66)128-8)135-97(125)108-53-68-51-104-95(105-52-68)112-31-33-113(34-32-112)96-106-55-73(56-107-96)92(122)102-28-36-131-38-40-133-42-41-132-39-37-130-35-26-82(118)114-30-25-69-45-67(19-21-71(69)58-114)57-116-91-83(89(100)109-59-110-91)84(111-116)72-48-70-24-27-101-90(70)103-54-72/h10-12,15-16,19,21,24,27,44-45,48,51-52,54-56,59-60,62-63,65-66,74-76,78-81,86-87,120,126H,13-14,17-18,20,22-23,25-26,28-43,46-47,49-50,53,57-58,99H2,1-9H3,(H,101,103)(H,102,122)(H,108,125)(H2,100,109,110)/b12-10?,15-11+,61-16?,64-44+/t60-,62-,63-,65-,66+,74+,75-,76+,78-,79+,80+,81-,86-,87+,98-/m1/s1. The molecule has 1 aromatic carbocycles. The van der Waals surface area contributed by atoms with E-state index >= 15 is 0 Å². The first-order valence-corrected chi connectivity index (χ1v) is 47.4. The number of aromatic nitrogens is 10. The third kappa shape index (κ3) is 26.7. The summed E-state index contributed by atoms with van der Waals surface area (Å²) in [7, 11) is 4.43. The van der Waals surface area contributed by atoms with Gasteiger partial charge >= 0.3 is 12.1 Å². The average molecular weight is 1880 g/mol. The number of rotatable bonds is 30. The maximum absolute atomic E-state index is 14.8. The number of carbonyl (C=O) groups excluding carboxylic acids is 8. The number of alkyl carbamates (subject to hydrolysis) is 1. The van der Waals surface area contributed by atoms with E-state index in [0.29, 0.717) is 188 Å². The molecule has 38 heteroatoms. The number of H-pyrrole nitrogens is 1. The fraction of sp³-hybridized carbons (Fsp3) is 0.571. The molecule has 0 unspecified atom stereocenters. The summed E-state index contributed by atoms with van der Waals surface area (Å²) < 4.78 is 60.5. The molecule has 11 heterocycles. The van der Waals surface area contributed by atoms with Gasteiger partial charge < -0.3 is 104 Å². The molecular formula is C98H132N18O20. The number of aliphatic hydroxyl groups is 2. The Labute approximate surface area is 792 Å². The van der Waals surface area contributed by atoms with E-state index < -0.39 is 108 Å². The molecule has 9 N–H and O–H groups in total. The Morgan fingerprint density at radius 1 is 0.706 bits per heavy atom. The van der Waals surface area contributed by atoms with E-state index in [1.807, 2.05) is 81.9 Å². The molecule has 4 fully saturated rings. The van der Waals surface area contributed by atoms with E-state index in [0.717, 1.165) is 44.6 Å². The summed E-state index contributed by atoms with van der Waals surface area (Å²) in [5, 5.41) is 36.1. The summed E-state index contributed by atoms with van der Waals surface area (Å²) in [5.41, 5.74) is 21.8. The Balaban J connectivity index is 0.494. The number of pyridine rings is 1. The number of nitrogen functional groups attached to an aromatic ring is 1. The lowest BCUT2D eigenvalue weighted by Crippen LogP contribution is -2.61. The molecule has 0 radical (unpaired) electrons. The topological polar surface area (TPSA) is 482 Å². The molecule has 1 aliphatic carbocycles. The highest BCUT2D eigenvalue weighted by molar-refractivity contribution is 6.39. The number of ketones is 3. The second-order valence-electron chi connectivity index (χ2n) is 36.4. The first-order valence-electron chi connectivity index (χ1n) is 47.4. The van der Waals surface area contributed by atoms with Gasteiger partial charge in [-0.15, -0.1) is 0 Å². The molecule has 5 aliphatic heterocycles. The lowest BCUT2D eigenvalue weighted by molar-refractivity contribution is -0.265. The zero-order valence-corrected chi connectivity index (χ0v) is 79.3. The van der Waals surface area contributed by atoms with E-state index in [1.54, 1.807) is 59.5 Å². The zero-order valence-electron chi connectivity index (χ0n) is 79.3. The van der Waals surface area contributed by atoms with Gasteiger partial charge in [0.2, 0.25) is 23.6 Å². The number of piperazine rings is 1. The van der Waals surface area contributed by atoms with Gasteiger partial charge in [-0.3, -0.25) is 28.8 Å². The lowest BCUT2D eigenvalue weighted by Gasteiger charge is -2.42. The predicted octanol–water partition coefficient (Wildman–Crippen LogP) is 7.80. The second kappa shape index (κ2) is 49.1. The van der Waals surface area contributed by atoms with Crippen LogP contribution in [0.25, 0.3) is 33.3 Å². The number of benzene rings is 1. The number of hydrogen-bond donors (Lipinski definition) is 7. The summed E-state index contributed by atoms with van der Waals surface area (Å²) in [4.78, 5) is 154. The number of esters is 1. The molecule has 13 rings (SSSR count). The first-order chi connectivity index (χ1) is 65.7. The number of amides is 4. The minimum absolute atomic E-state index is 0.000101. The minimum Gasteiger partial charge on any atom is -0.459 e. The Morgan fingerprint density at radius 2 is 1.42 bits per heavy atom. The lowest BCUT2D eigenvalue weighted by atomic mass is 9.80. The van der Waals surface area contributed by atoms with Gasteiger partial charge in [0.25, 0.3) is 17.6 Å². The van der Waals surface area contributed by atoms with Crippen molar-refractivity contribution in [1.82, 2.24) is 70.1 Å². The van der Waals surface area contributed by atoms with Gasteiger partial charge in [0.1, 0.15) is 59.7 Å². The summed E-state index contributed by atoms with van der Waals surface area (Å²) in [6.45, 7) is 17.4. The number of piperidine rings is 1. The average Bonchev–Trinajstić information content (AvgIpc) is 1.73. The van der Waals surface area contributed by atoms with E-state index in [2.05, 4.69) is 68.7 Å². The summed E-state index contributed by atoms with van der Waals surface area (Å²) in [6.07, 6.45) is 20.1. The van der Waals surface area contributed by atoms with Crippen molar-refractivity contribution in [2.45, 2.75) is 212 Å². The van der Waals surface area contributed by atoms with Crippen LogP contribution < -0.4 is 31.9 Å². The third-order valence-corrected chi connectivity index (χ3v) is 26.6. The summed E-state index contributed by atoms with van der Waals surface area (Å²) in [5.74, 6) is -7.77. The Morgan fingerprint density at radius 3 is 2.13 bits per heavy atom. The van der Waals surface area contributed by atoms with Gasteiger partial charge in [0.05, 0.1) is 95.1 Å². The van der Waals surface area contributed by atoms with Gasteiger partial charge in [-0.25, -0.2) is 49.2 Å². The van der Waals surface area contributed by atoms with Crippen molar-refractivity contribution in [2.75, 3.05) is 136 Å². The number of aromatic amines is 1. The summed E-state index contributed by atoms with van der Waals surface area (Å²) in [6, 6.07) is 8.07. The number of Topliss-reactive ketones (excluding diaryl/α,β-unsaturated/α-hetero) is 3. The van der Waals surface area contributed by atoms with Crippen LogP contribution in [0.5, 0.6) is 0 Å². The molecule has 734 valence electrons. The molecule has 2 bridgehead atoms. The van der Waals surface area contributed by atoms with Crippen LogP contribution in [0.1, 0.15) is 158 Å². The number of cyclic esters (lactones) is 1. The van der Waals surface area contributed by atoms with Crippen LogP contribution in [-0.2, 0) is 102 Å². The molecule has 7 aromatic rings. The van der Waals surface area contributed by atoms with Crippen LogP contribution in [-0.4, -0.2) is 297 Å². The third-order valence-electron chi connectivity index (χ3n) is 26.6. The quantitative estimate of drug-likeness (QED) is 0.00976. The zero-order chi connectivity index (χ0) is 96.5. The van der Waals surface area contributed by atoms with Crippen molar-refractivity contribution in [3.63, 3.8) is 0 Å². The van der Waals surface area contributed by atoms with Crippen molar-refractivity contribution < 1.29 is 95.9 Å². The van der Waals surface area contributed by atoms with Gasteiger partial charge in [-0.1, -0.05) is 82.4 Å². The van der Waals surface area contributed by atoms with Crippen LogP contribution in [0.4, 0.5) is 22.5 Å². The van der Waals surface area contributed by atoms with Crippen LogP contribution in [0, 0.1) is 29.6 Å². The number of carbonyl (C=O) groups is 8. The van der Waals surface area contributed by atoms with Gasteiger partial charge in [-0.05, 0) is 136 Å². The minimum atomic E-state index is -2.51. The number of nitrogens with zero attached hydrogens (tertiary/aromatic N) is 13. The highest BCUT2D eigenvalue weighted by Crippen LogP contribution is 2.39. The molecule has 3 saturated heterocycles. The Hall–Kier alpha value is -11.3. The maximum atomic E-state index is 14.8. The number of aliphatic hydroxyl groups excluding tert-OH is 1. The number of nitrogens with two attached hydrogens (primary N) is 2. The molecule has 136 heavy (non-hydrogen) atoms. The molecule has 0 spiro atoms. The smallest absolute Gasteiger partial charge is 0.407 e. The van der Waals surface area contributed by atoms with Gasteiger partial charge in [-0.2, -0.15) is 5.10 Å². The Kier molecular flexibility index (Phi) is 36.9. The van der Waals surface area contributed by atoms with Crippen molar-refractivity contribution in [3.05, 3.63) is 149 Å². The number of hydrogen-bond acceptors (Lipinski definition) is 32. The SMILES string of the molecule is CO[C@H]1C[C@@H]2CC[C@@H](C)[C@@](O)(O2)C(=O)C(=O)N2CCCC[C@H]2C(=O)O[C@H]([C@H](N)C[C@@H]2CC[C@@H](OC(=O)NCc3cnc(N4CCN(c5ncc(C(=O)NCCOCCOCCOCCOCCC(=O)N6CCc7cc(Cn8nc(-c9cnc%10[nH]ccc%10c9)c9c(N)ncnc98)ccc7C6)cn5)CC4)nc3)[C@H](OC)C2)CC(=O)[C@H](C)/C=C(\C)[C@@H](O)[C@@H](OC)C(=O)[C@H](C)C[C@H](C)/C=C/C=CC=C1C. The van der Waals surface area contributed by atoms with Crippen LogP contribution in [0.15, 0.2) is 121 Å². The Bertz CT molecular complexity index is 5350. The monoisotopic (exact) mass is 1880 g/mol. The number of nitrogens with one attached hydrogen (secondary N) is 3. The normalized spacial score (nSPS) is 26.0. The van der Waals surface area contributed by atoms with Crippen LogP contribution in [0.2, 0.25) is 0 Å². The molecule has 1 saturated carbocycles. The molecular weight excluding hydrogens is 1750 g/mol. The molecule has 6 aliphatic rings. The van der Waals surface area contributed by atoms with Crippen LogP contribution >= 0.6 is 0 Å². The van der Waals surface area contributed by atoms with Crippen molar-refractivity contribution >= 4 is 86.9 Å². The van der Waals surface area contributed by atoms with Crippen molar-refractivity contribution in [3.8, 4) is 11.3 Å². The van der Waals surface area contributed by atoms with Crippen LogP contribution in [0.3, 0.4) is 0 Å². The van der Waals surface area contributed by atoms with E-state index in [4.69, 9.17) is 63.9 Å². The second-order valence-corrected chi connectivity index (χ2v) is 36.4. The number of allylic oxidation sites excluding steroid dienone is 6. The number of anilines is 3. The first kappa shape index (κ1) is 102. The fourth-order valence-electron chi connectivity index (χ4n) is 18.6. The van der Waals surface area contributed by atoms with Crippen molar-refractivity contribution in [1.29, 1.82) is 0 Å². The molecule has 4 amide bonds. The molecule has 6 aromatic heterocycles. The number of methoxy groups -OCH3 is 3. The van der Waals surface area contributed by atoms with E-state index in [1.165, 1.54) is 38.5 Å². The number of ether oxygens (including phenoxy) is 10.